The molecule has 0 unspecified atom stereocenters. The molecule has 4 rings (SSSR count). The summed E-state index contributed by atoms with van der Waals surface area (Å²) in [5, 5.41) is 4.81. The molecule has 1 N–H and O–H groups in total. The van der Waals surface area contributed by atoms with Crippen molar-refractivity contribution in [2.24, 2.45) is 0 Å². The van der Waals surface area contributed by atoms with Gasteiger partial charge in [0.2, 0.25) is 0 Å². The summed E-state index contributed by atoms with van der Waals surface area (Å²) in [7, 11) is 0. The van der Waals surface area contributed by atoms with Crippen molar-refractivity contribution in [2.75, 3.05) is 34.8 Å². The van der Waals surface area contributed by atoms with E-state index in [2.05, 4.69) is 20.2 Å². The summed E-state index contributed by atoms with van der Waals surface area (Å²) in [5.41, 5.74) is 1.21. The van der Waals surface area contributed by atoms with Gasteiger partial charge in [0, 0.05) is 53.5 Å². The molecule has 1 fully saturated rings. The highest BCUT2D eigenvalue weighted by molar-refractivity contribution is 7.99. The topological polar surface area (TPSA) is 58.1 Å². The zero-order chi connectivity index (χ0) is 19.5. The van der Waals surface area contributed by atoms with E-state index in [0.717, 1.165) is 48.1 Å². The third-order valence-corrected chi connectivity index (χ3v) is 6.08. The zero-order valence-corrected chi connectivity index (χ0v) is 16.3. The van der Waals surface area contributed by atoms with Gasteiger partial charge in [-0.1, -0.05) is 0 Å². The number of rotatable bonds is 4. The fourth-order valence-electron chi connectivity index (χ4n) is 2.77. The lowest BCUT2D eigenvalue weighted by Crippen LogP contribution is -2.32. The van der Waals surface area contributed by atoms with Crippen LogP contribution in [-0.4, -0.2) is 40.5 Å². The Morgan fingerprint density at radius 3 is 2.64 bits per heavy atom. The second kappa shape index (κ2) is 8.24. The number of amides is 1. The van der Waals surface area contributed by atoms with Gasteiger partial charge in [-0.15, -0.1) is 11.3 Å². The molecule has 0 aliphatic carbocycles. The minimum atomic E-state index is -1.02. The number of hydrogen-bond donors (Lipinski definition) is 1. The van der Waals surface area contributed by atoms with Gasteiger partial charge in [-0.25, -0.2) is 18.7 Å². The Bertz CT molecular complexity index is 988. The van der Waals surface area contributed by atoms with Gasteiger partial charge in [-0.3, -0.25) is 4.79 Å². The maximum atomic E-state index is 13.3. The highest BCUT2D eigenvalue weighted by Crippen LogP contribution is 2.26. The van der Waals surface area contributed by atoms with Crippen molar-refractivity contribution in [1.82, 2.24) is 9.97 Å². The number of halogens is 2. The molecule has 3 heterocycles. The lowest BCUT2D eigenvalue weighted by molar-refractivity contribution is 0.102. The molecule has 1 aromatic carbocycles. The molecular weight excluding hydrogens is 402 g/mol. The SMILES string of the molecule is O=C(Nc1ccc(F)c(F)c1)c1csc(-c2ccc(N3CCSCC3)nc2)n1. The van der Waals surface area contributed by atoms with Crippen molar-refractivity contribution in [3.63, 3.8) is 0 Å². The summed E-state index contributed by atoms with van der Waals surface area (Å²) in [4.78, 5) is 23.4. The standard InChI is InChI=1S/C19H16F2N4OS2/c20-14-3-2-13(9-15(14)21)23-18(26)16-11-28-19(24-16)12-1-4-17(22-10-12)25-5-7-27-8-6-25/h1-4,9-11H,5-8H2,(H,23,26). The molecular formula is C19H16F2N4OS2. The number of carbonyl (C=O) groups is 1. The lowest BCUT2D eigenvalue weighted by Gasteiger charge is -2.27. The van der Waals surface area contributed by atoms with Crippen molar-refractivity contribution < 1.29 is 13.6 Å². The molecule has 1 aliphatic rings. The maximum absolute atomic E-state index is 13.3. The lowest BCUT2D eigenvalue weighted by atomic mass is 10.2. The molecule has 5 nitrogen and oxygen atoms in total. The Labute approximate surface area is 168 Å². The van der Waals surface area contributed by atoms with Crippen LogP contribution in [0.3, 0.4) is 0 Å². The molecule has 0 atom stereocenters. The van der Waals surface area contributed by atoms with Crippen molar-refractivity contribution in [3.05, 3.63) is 59.2 Å². The average Bonchev–Trinajstić information content (AvgIpc) is 3.22. The van der Waals surface area contributed by atoms with E-state index in [-0.39, 0.29) is 11.4 Å². The van der Waals surface area contributed by atoms with Gasteiger partial charge in [-0.2, -0.15) is 11.8 Å². The first-order valence-electron chi connectivity index (χ1n) is 8.61. The molecule has 3 aromatic rings. The Balaban J connectivity index is 1.46. The van der Waals surface area contributed by atoms with Gasteiger partial charge in [0.05, 0.1) is 0 Å². The normalized spacial score (nSPS) is 14.1. The second-order valence-electron chi connectivity index (χ2n) is 6.13. The van der Waals surface area contributed by atoms with E-state index in [1.54, 1.807) is 11.6 Å². The molecule has 1 amide bonds. The van der Waals surface area contributed by atoms with E-state index >= 15 is 0 Å². The van der Waals surface area contributed by atoms with Gasteiger partial charge < -0.3 is 10.2 Å². The smallest absolute Gasteiger partial charge is 0.275 e. The van der Waals surface area contributed by atoms with Gasteiger partial charge in [0.25, 0.3) is 5.91 Å². The van der Waals surface area contributed by atoms with Crippen LogP contribution in [-0.2, 0) is 0 Å². The molecule has 144 valence electrons. The van der Waals surface area contributed by atoms with Gasteiger partial charge in [-0.05, 0) is 24.3 Å². The Morgan fingerprint density at radius 1 is 1.11 bits per heavy atom. The fourth-order valence-corrected chi connectivity index (χ4v) is 4.47. The van der Waals surface area contributed by atoms with E-state index in [4.69, 9.17) is 0 Å². The number of thioether (sulfide) groups is 1. The molecule has 9 heteroatoms. The molecule has 1 saturated heterocycles. The van der Waals surface area contributed by atoms with E-state index < -0.39 is 17.5 Å². The summed E-state index contributed by atoms with van der Waals surface area (Å²) in [5.74, 6) is 0.683. The predicted molar refractivity (Wildman–Crippen MR) is 109 cm³/mol. The first kappa shape index (κ1) is 18.8. The Kier molecular flexibility index (Phi) is 5.54. The van der Waals surface area contributed by atoms with Crippen molar-refractivity contribution >= 4 is 40.5 Å². The van der Waals surface area contributed by atoms with Crippen LogP contribution in [0.25, 0.3) is 10.6 Å². The molecule has 0 saturated carbocycles. The van der Waals surface area contributed by atoms with E-state index in [1.165, 1.54) is 17.4 Å². The van der Waals surface area contributed by atoms with E-state index in [0.29, 0.717) is 5.01 Å². The van der Waals surface area contributed by atoms with Crippen LogP contribution < -0.4 is 10.2 Å². The largest absolute Gasteiger partial charge is 0.355 e. The van der Waals surface area contributed by atoms with Crippen molar-refractivity contribution in [3.8, 4) is 10.6 Å². The van der Waals surface area contributed by atoms with E-state index in [1.807, 2.05) is 23.9 Å². The first-order chi connectivity index (χ1) is 13.6. The quantitative estimate of drug-likeness (QED) is 0.685. The number of aromatic nitrogens is 2. The molecule has 0 radical (unpaired) electrons. The van der Waals surface area contributed by atoms with Crippen molar-refractivity contribution in [1.29, 1.82) is 0 Å². The Hall–Kier alpha value is -2.52. The maximum Gasteiger partial charge on any atom is 0.275 e. The Morgan fingerprint density at radius 2 is 1.93 bits per heavy atom. The minimum Gasteiger partial charge on any atom is -0.355 e. The van der Waals surface area contributed by atoms with Crippen LogP contribution in [0.4, 0.5) is 20.3 Å². The number of benzene rings is 1. The van der Waals surface area contributed by atoms with Crippen LogP contribution in [0, 0.1) is 11.6 Å². The van der Waals surface area contributed by atoms with Crippen LogP contribution in [0.1, 0.15) is 10.5 Å². The molecule has 28 heavy (non-hydrogen) atoms. The van der Waals surface area contributed by atoms with Crippen LogP contribution >= 0.6 is 23.1 Å². The van der Waals surface area contributed by atoms with Gasteiger partial charge in [0.15, 0.2) is 11.6 Å². The highest BCUT2D eigenvalue weighted by atomic mass is 32.2. The first-order valence-corrected chi connectivity index (χ1v) is 10.6. The highest BCUT2D eigenvalue weighted by Gasteiger charge is 2.15. The van der Waals surface area contributed by atoms with Crippen LogP contribution in [0.5, 0.6) is 0 Å². The summed E-state index contributed by atoms with van der Waals surface area (Å²) in [6, 6.07) is 7.10. The third kappa shape index (κ3) is 4.15. The number of anilines is 2. The minimum absolute atomic E-state index is 0.171. The average molecular weight is 418 g/mol. The van der Waals surface area contributed by atoms with Gasteiger partial charge in [0.1, 0.15) is 16.5 Å². The summed E-state index contributed by atoms with van der Waals surface area (Å²) >= 11 is 3.27. The van der Waals surface area contributed by atoms with Crippen molar-refractivity contribution in [2.45, 2.75) is 0 Å². The second-order valence-corrected chi connectivity index (χ2v) is 8.21. The number of nitrogens with zero attached hydrogens (tertiary/aromatic N) is 3. The third-order valence-electron chi connectivity index (χ3n) is 4.24. The zero-order valence-electron chi connectivity index (χ0n) is 14.7. The fraction of sp³-hybridized carbons (Fsp3) is 0.211. The number of hydrogen-bond acceptors (Lipinski definition) is 6. The summed E-state index contributed by atoms with van der Waals surface area (Å²) in [6.07, 6.45) is 1.76. The molecule has 0 bridgehead atoms. The monoisotopic (exact) mass is 418 g/mol. The molecule has 1 aliphatic heterocycles. The van der Waals surface area contributed by atoms with Crippen LogP contribution in [0.15, 0.2) is 41.9 Å². The number of nitrogens with one attached hydrogen (secondary N) is 1. The number of pyridine rings is 1. The number of thiazole rings is 1. The van der Waals surface area contributed by atoms with E-state index in [9.17, 15) is 13.6 Å². The summed E-state index contributed by atoms with van der Waals surface area (Å²) in [6.45, 7) is 1.98. The molecule has 2 aromatic heterocycles. The predicted octanol–water partition coefficient (Wildman–Crippen LogP) is 4.29. The molecule has 0 spiro atoms. The number of carbonyl (C=O) groups excluding carboxylic acids is 1. The summed E-state index contributed by atoms with van der Waals surface area (Å²) < 4.78 is 26.3. The van der Waals surface area contributed by atoms with Crippen LogP contribution in [0.2, 0.25) is 0 Å². The van der Waals surface area contributed by atoms with Gasteiger partial charge >= 0.3 is 0 Å².